The first kappa shape index (κ1) is 15.2. The van der Waals surface area contributed by atoms with Crippen LogP contribution in [0, 0.1) is 0 Å². The average Bonchev–Trinajstić information content (AvgIpc) is 2.86. The fourth-order valence-electron chi connectivity index (χ4n) is 2.38. The summed E-state index contributed by atoms with van der Waals surface area (Å²) in [6.45, 7) is 6.05. The van der Waals surface area contributed by atoms with Crippen LogP contribution in [0.2, 0.25) is 0 Å². The van der Waals surface area contributed by atoms with Crippen molar-refractivity contribution in [2.45, 2.75) is 39.3 Å². The summed E-state index contributed by atoms with van der Waals surface area (Å²) >= 11 is 3.53. The zero-order valence-electron chi connectivity index (χ0n) is 12.0. The van der Waals surface area contributed by atoms with Crippen LogP contribution in [-0.2, 0) is 19.4 Å². The Morgan fingerprint density at radius 2 is 2.15 bits per heavy atom. The normalized spacial score (nSPS) is 12.6. The Kier molecular flexibility index (Phi) is 5.73. The van der Waals surface area contributed by atoms with Gasteiger partial charge in [-0.25, -0.2) is 4.98 Å². The van der Waals surface area contributed by atoms with Crippen molar-refractivity contribution in [2.75, 3.05) is 6.54 Å². The predicted octanol–water partition coefficient (Wildman–Crippen LogP) is 2.82. The molecule has 0 amide bonds. The molecule has 5 heteroatoms. The maximum absolute atomic E-state index is 4.37. The molecule has 1 aromatic heterocycles. The number of halogens is 1. The van der Waals surface area contributed by atoms with Gasteiger partial charge in [-0.3, -0.25) is 4.68 Å². The molecule has 0 fully saturated rings. The first-order chi connectivity index (χ1) is 9.72. The Bertz CT molecular complexity index is 538. The Morgan fingerprint density at radius 1 is 1.30 bits per heavy atom. The van der Waals surface area contributed by atoms with Gasteiger partial charge in [0, 0.05) is 23.5 Å². The van der Waals surface area contributed by atoms with Gasteiger partial charge >= 0.3 is 0 Å². The monoisotopic (exact) mass is 336 g/mol. The number of nitrogens with one attached hydrogen (secondary N) is 1. The van der Waals surface area contributed by atoms with Gasteiger partial charge < -0.3 is 5.32 Å². The third-order valence-corrected chi connectivity index (χ3v) is 3.78. The average molecular weight is 337 g/mol. The molecule has 0 spiro atoms. The van der Waals surface area contributed by atoms with E-state index < -0.39 is 0 Å². The van der Waals surface area contributed by atoms with Crippen molar-refractivity contribution in [3.63, 3.8) is 0 Å². The minimum Gasteiger partial charge on any atom is -0.313 e. The lowest BCUT2D eigenvalue weighted by Crippen LogP contribution is -2.34. The van der Waals surface area contributed by atoms with Gasteiger partial charge in [0.15, 0.2) is 0 Å². The SMILES string of the molecule is CCNC(Cc1cccc(Br)c1)Cc1ncnn1CC. The highest BCUT2D eigenvalue weighted by molar-refractivity contribution is 9.10. The van der Waals surface area contributed by atoms with Crippen LogP contribution in [-0.4, -0.2) is 27.4 Å². The molecule has 1 unspecified atom stereocenters. The number of aromatic nitrogens is 3. The van der Waals surface area contributed by atoms with Crippen molar-refractivity contribution in [1.82, 2.24) is 20.1 Å². The molecule has 108 valence electrons. The van der Waals surface area contributed by atoms with Gasteiger partial charge in [-0.05, 0) is 37.6 Å². The van der Waals surface area contributed by atoms with Crippen molar-refractivity contribution in [2.24, 2.45) is 0 Å². The van der Waals surface area contributed by atoms with Crippen LogP contribution in [0.5, 0.6) is 0 Å². The number of rotatable bonds is 7. The summed E-state index contributed by atoms with van der Waals surface area (Å²) in [5.74, 6) is 1.05. The van der Waals surface area contributed by atoms with Gasteiger partial charge in [0.25, 0.3) is 0 Å². The molecule has 1 N–H and O–H groups in total. The van der Waals surface area contributed by atoms with E-state index in [2.05, 4.69) is 69.4 Å². The summed E-state index contributed by atoms with van der Waals surface area (Å²) in [5.41, 5.74) is 1.33. The largest absolute Gasteiger partial charge is 0.313 e. The fraction of sp³-hybridized carbons (Fsp3) is 0.467. The van der Waals surface area contributed by atoms with Crippen LogP contribution in [0.15, 0.2) is 35.1 Å². The quantitative estimate of drug-likeness (QED) is 0.845. The zero-order valence-corrected chi connectivity index (χ0v) is 13.6. The molecule has 1 atom stereocenters. The molecule has 0 aliphatic carbocycles. The second kappa shape index (κ2) is 7.55. The van der Waals surface area contributed by atoms with Crippen LogP contribution in [0.4, 0.5) is 0 Å². The van der Waals surface area contributed by atoms with Crippen molar-refractivity contribution in [3.8, 4) is 0 Å². The van der Waals surface area contributed by atoms with Crippen LogP contribution in [0.3, 0.4) is 0 Å². The number of nitrogens with zero attached hydrogens (tertiary/aromatic N) is 3. The Balaban J connectivity index is 2.07. The molecule has 20 heavy (non-hydrogen) atoms. The molecular weight excluding hydrogens is 316 g/mol. The van der Waals surface area contributed by atoms with E-state index in [0.29, 0.717) is 6.04 Å². The van der Waals surface area contributed by atoms with Gasteiger partial charge in [0.05, 0.1) is 0 Å². The first-order valence-electron chi connectivity index (χ1n) is 7.07. The van der Waals surface area contributed by atoms with Crippen molar-refractivity contribution >= 4 is 15.9 Å². The Hall–Kier alpha value is -1.20. The number of hydrogen-bond donors (Lipinski definition) is 1. The lowest BCUT2D eigenvalue weighted by atomic mass is 10.0. The summed E-state index contributed by atoms with van der Waals surface area (Å²) in [6, 6.07) is 8.86. The number of hydrogen-bond acceptors (Lipinski definition) is 3. The molecule has 0 bridgehead atoms. The van der Waals surface area contributed by atoms with Crippen molar-refractivity contribution in [1.29, 1.82) is 0 Å². The highest BCUT2D eigenvalue weighted by Crippen LogP contribution is 2.14. The van der Waals surface area contributed by atoms with Gasteiger partial charge in [-0.1, -0.05) is 35.0 Å². The second-order valence-electron chi connectivity index (χ2n) is 4.78. The van der Waals surface area contributed by atoms with Crippen LogP contribution in [0.25, 0.3) is 0 Å². The van der Waals surface area contributed by atoms with Crippen LogP contribution < -0.4 is 5.32 Å². The highest BCUT2D eigenvalue weighted by Gasteiger charge is 2.13. The van der Waals surface area contributed by atoms with E-state index in [0.717, 1.165) is 36.2 Å². The van der Waals surface area contributed by atoms with E-state index in [1.54, 1.807) is 6.33 Å². The Labute approximate surface area is 128 Å². The van der Waals surface area contributed by atoms with E-state index >= 15 is 0 Å². The molecule has 1 aromatic carbocycles. The molecule has 0 aliphatic rings. The van der Waals surface area contributed by atoms with E-state index in [9.17, 15) is 0 Å². The van der Waals surface area contributed by atoms with Crippen molar-refractivity contribution < 1.29 is 0 Å². The number of aryl methyl sites for hydroxylation is 1. The smallest absolute Gasteiger partial charge is 0.138 e. The molecule has 0 aliphatic heterocycles. The fourth-order valence-corrected chi connectivity index (χ4v) is 2.83. The third kappa shape index (κ3) is 4.15. The molecule has 4 nitrogen and oxygen atoms in total. The summed E-state index contributed by atoms with van der Waals surface area (Å²) in [7, 11) is 0. The van der Waals surface area contributed by atoms with E-state index in [4.69, 9.17) is 0 Å². The second-order valence-corrected chi connectivity index (χ2v) is 5.70. The predicted molar refractivity (Wildman–Crippen MR) is 84.7 cm³/mol. The maximum Gasteiger partial charge on any atom is 0.138 e. The molecule has 2 rings (SSSR count). The lowest BCUT2D eigenvalue weighted by Gasteiger charge is -2.18. The lowest BCUT2D eigenvalue weighted by molar-refractivity contribution is 0.490. The summed E-state index contributed by atoms with van der Waals surface area (Å²) < 4.78 is 3.09. The molecule has 0 saturated carbocycles. The highest BCUT2D eigenvalue weighted by atomic mass is 79.9. The summed E-state index contributed by atoms with van der Waals surface area (Å²) in [4.78, 5) is 4.37. The Morgan fingerprint density at radius 3 is 2.85 bits per heavy atom. The molecule has 0 radical (unpaired) electrons. The first-order valence-corrected chi connectivity index (χ1v) is 7.86. The minimum atomic E-state index is 0.379. The van der Waals surface area contributed by atoms with Gasteiger partial charge in [-0.2, -0.15) is 5.10 Å². The molecule has 1 heterocycles. The van der Waals surface area contributed by atoms with Gasteiger partial charge in [0.2, 0.25) is 0 Å². The number of benzene rings is 1. The van der Waals surface area contributed by atoms with E-state index in [1.165, 1.54) is 5.56 Å². The van der Waals surface area contributed by atoms with Crippen LogP contribution in [0.1, 0.15) is 25.2 Å². The third-order valence-electron chi connectivity index (χ3n) is 3.29. The molecule has 2 aromatic rings. The minimum absolute atomic E-state index is 0.379. The maximum atomic E-state index is 4.37. The topological polar surface area (TPSA) is 42.7 Å². The van der Waals surface area contributed by atoms with Gasteiger partial charge in [-0.15, -0.1) is 0 Å². The molecule has 0 saturated heterocycles. The van der Waals surface area contributed by atoms with E-state index in [1.807, 2.05) is 4.68 Å². The van der Waals surface area contributed by atoms with Crippen molar-refractivity contribution in [3.05, 3.63) is 46.5 Å². The summed E-state index contributed by atoms with van der Waals surface area (Å²) in [5, 5.41) is 7.78. The zero-order chi connectivity index (χ0) is 14.4. The number of likely N-dealkylation sites (N-methyl/N-ethyl adjacent to an activating group) is 1. The standard InChI is InChI=1S/C15H21BrN4/c1-3-17-14(9-12-6-5-7-13(16)8-12)10-15-18-11-19-20(15)4-2/h5-8,11,14,17H,3-4,9-10H2,1-2H3. The molecular formula is C15H21BrN4. The van der Waals surface area contributed by atoms with Crippen LogP contribution >= 0.6 is 15.9 Å². The summed E-state index contributed by atoms with van der Waals surface area (Å²) in [6.07, 6.45) is 3.53. The van der Waals surface area contributed by atoms with Gasteiger partial charge in [0.1, 0.15) is 12.2 Å². The van der Waals surface area contributed by atoms with E-state index in [-0.39, 0.29) is 0 Å².